The van der Waals surface area contributed by atoms with E-state index < -0.39 is 4.92 Å². The molecule has 0 saturated carbocycles. The Morgan fingerprint density at radius 1 is 1.47 bits per heavy atom. The van der Waals surface area contributed by atoms with Gasteiger partial charge < -0.3 is 10.0 Å². The van der Waals surface area contributed by atoms with E-state index in [-0.39, 0.29) is 35.0 Å². The number of hydrogen-bond donors (Lipinski definition) is 1. The molecule has 7 nitrogen and oxygen atoms in total. The van der Waals surface area contributed by atoms with Crippen LogP contribution >= 0.6 is 11.6 Å². The maximum absolute atomic E-state index is 11.1. The molecule has 2 rings (SSSR count). The highest BCUT2D eigenvalue weighted by Gasteiger charge is 2.28. The van der Waals surface area contributed by atoms with E-state index >= 15 is 0 Å². The van der Waals surface area contributed by atoms with Crippen molar-refractivity contribution >= 4 is 23.1 Å². The zero-order valence-electron chi connectivity index (χ0n) is 10.5. The molecule has 0 unspecified atom stereocenters. The SMILES string of the molecule is Cc1nc(Cl)nc(N2CCC(CO)CC2)c1[N+](=O)[O-]. The van der Waals surface area contributed by atoms with E-state index in [1.807, 2.05) is 4.90 Å². The van der Waals surface area contributed by atoms with Gasteiger partial charge in [0.2, 0.25) is 11.1 Å². The molecule has 2 heterocycles. The zero-order chi connectivity index (χ0) is 14.0. The van der Waals surface area contributed by atoms with Crippen molar-refractivity contribution < 1.29 is 10.0 Å². The quantitative estimate of drug-likeness (QED) is 0.515. The monoisotopic (exact) mass is 286 g/mol. The Hall–Kier alpha value is -1.47. The number of piperidine rings is 1. The Bertz CT molecular complexity index is 489. The fraction of sp³-hybridized carbons (Fsp3) is 0.636. The lowest BCUT2D eigenvalue weighted by molar-refractivity contribution is -0.385. The zero-order valence-corrected chi connectivity index (χ0v) is 11.3. The highest BCUT2D eigenvalue weighted by Crippen LogP contribution is 2.32. The van der Waals surface area contributed by atoms with Gasteiger partial charge in [-0.25, -0.2) is 4.98 Å². The van der Waals surface area contributed by atoms with Crippen LogP contribution in [0.1, 0.15) is 18.5 Å². The predicted molar refractivity (Wildman–Crippen MR) is 70.5 cm³/mol. The van der Waals surface area contributed by atoms with Crippen molar-refractivity contribution in [2.75, 3.05) is 24.6 Å². The maximum Gasteiger partial charge on any atom is 0.332 e. The Labute approximate surface area is 115 Å². The molecule has 0 amide bonds. The minimum Gasteiger partial charge on any atom is -0.396 e. The molecule has 1 aliphatic heterocycles. The van der Waals surface area contributed by atoms with Crippen LogP contribution in [0.4, 0.5) is 11.5 Å². The second kappa shape index (κ2) is 5.66. The molecule has 1 saturated heterocycles. The fourth-order valence-electron chi connectivity index (χ4n) is 2.28. The molecule has 1 aromatic heterocycles. The molecule has 1 fully saturated rings. The van der Waals surface area contributed by atoms with Gasteiger partial charge in [-0.15, -0.1) is 0 Å². The minimum absolute atomic E-state index is 0.0161. The van der Waals surface area contributed by atoms with Gasteiger partial charge in [-0.3, -0.25) is 10.1 Å². The van der Waals surface area contributed by atoms with Gasteiger partial charge >= 0.3 is 5.69 Å². The van der Waals surface area contributed by atoms with Crippen LogP contribution in [0.2, 0.25) is 5.28 Å². The lowest BCUT2D eigenvalue weighted by atomic mass is 9.98. The van der Waals surface area contributed by atoms with Crippen molar-refractivity contribution in [1.29, 1.82) is 0 Å². The van der Waals surface area contributed by atoms with Crippen LogP contribution in [0.15, 0.2) is 0 Å². The summed E-state index contributed by atoms with van der Waals surface area (Å²) in [5.74, 6) is 0.535. The first-order valence-electron chi connectivity index (χ1n) is 6.07. The summed E-state index contributed by atoms with van der Waals surface area (Å²) in [4.78, 5) is 20.3. The summed E-state index contributed by atoms with van der Waals surface area (Å²) in [6.45, 7) is 2.95. The van der Waals surface area contributed by atoms with Crippen molar-refractivity contribution in [2.45, 2.75) is 19.8 Å². The van der Waals surface area contributed by atoms with E-state index in [9.17, 15) is 10.1 Å². The molecule has 0 bridgehead atoms. The lowest BCUT2D eigenvalue weighted by Crippen LogP contribution is -2.35. The fourth-order valence-corrected chi connectivity index (χ4v) is 2.49. The average Bonchev–Trinajstić information content (AvgIpc) is 2.37. The molecule has 0 aromatic carbocycles. The maximum atomic E-state index is 11.1. The lowest BCUT2D eigenvalue weighted by Gasteiger charge is -2.31. The van der Waals surface area contributed by atoms with Gasteiger partial charge in [0, 0.05) is 19.7 Å². The second-order valence-corrected chi connectivity index (χ2v) is 4.96. The first-order chi connectivity index (χ1) is 9.02. The largest absolute Gasteiger partial charge is 0.396 e. The Morgan fingerprint density at radius 2 is 2.11 bits per heavy atom. The van der Waals surface area contributed by atoms with Gasteiger partial charge in [0.15, 0.2) is 0 Å². The Kier molecular flexibility index (Phi) is 4.16. The van der Waals surface area contributed by atoms with Crippen LogP contribution in [-0.4, -0.2) is 39.7 Å². The summed E-state index contributed by atoms with van der Waals surface area (Å²) < 4.78 is 0. The molecule has 1 aromatic rings. The van der Waals surface area contributed by atoms with Crippen LogP contribution in [0.3, 0.4) is 0 Å². The molecule has 0 aliphatic carbocycles. The molecule has 0 atom stereocenters. The third-order valence-corrected chi connectivity index (χ3v) is 3.54. The summed E-state index contributed by atoms with van der Waals surface area (Å²) in [6, 6.07) is 0. The number of anilines is 1. The predicted octanol–water partition coefficient (Wildman–Crippen LogP) is 1.56. The van der Waals surface area contributed by atoms with E-state index in [1.54, 1.807) is 6.92 Å². The van der Waals surface area contributed by atoms with Crippen molar-refractivity contribution in [1.82, 2.24) is 9.97 Å². The first-order valence-corrected chi connectivity index (χ1v) is 6.45. The number of aliphatic hydroxyl groups is 1. The first kappa shape index (κ1) is 14.0. The summed E-state index contributed by atoms with van der Waals surface area (Å²) in [5.41, 5.74) is 0.177. The molecule has 1 N–H and O–H groups in total. The molecular formula is C11H15ClN4O3. The molecule has 19 heavy (non-hydrogen) atoms. The standard InChI is InChI=1S/C11H15ClN4O3/c1-7-9(16(18)19)10(14-11(12)13-7)15-4-2-8(6-17)3-5-15/h8,17H,2-6H2,1H3. The third-order valence-electron chi connectivity index (χ3n) is 3.37. The third kappa shape index (κ3) is 2.93. The van der Waals surface area contributed by atoms with Gasteiger partial charge in [-0.05, 0) is 37.3 Å². The van der Waals surface area contributed by atoms with E-state index in [0.29, 0.717) is 13.1 Å². The topological polar surface area (TPSA) is 92.4 Å². The van der Waals surface area contributed by atoms with Crippen molar-refractivity contribution in [2.24, 2.45) is 5.92 Å². The number of rotatable bonds is 3. The number of aryl methyl sites for hydroxylation is 1. The molecule has 8 heteroatoms. The van der Waals surface area contributed by atoms with Crippen LogP contribution in [0.25, 0.3) is 0 Å². The van der Waals surface area contributed by atoms with E-state index in [0.717, 1.165) is 12.8 Å². The van der Waals surface area contributed by atoms with Crippen LogP contribution in [0, 0.1) is 23.0 Å². The van der Waals surface area contributed by atoms with Crippen molar-refractivity contribution in [3.63, 3.8) is 0 Å². The summed E-state index contributed by atoms with van der Waals surface area (Å²) >= 11 is 5.79. The summed E-state index contributed by atoms with van der Waals surface area (Å²) in [5, 5.41) is 20.3. The minimum atomic E-state index is -0.473. The van der Waals surface area contributed by atoms with E-state index in [1.165, 1.54) is 0 Å². The molecule has 1 aliphatic rings. The Balaban J connectivity index is 2.31. The van der Waals surface area contributed by atoms with Crippen molar-refractivity contribution in [3.8, 4) is 0 Å². The highest BCUT2D eigenvalue weighted by molar-refractivity contribution is 6.28. The number of halogens is 1. The van der Waals surface area contributed by atoms with E-state index in [4.69, 9.17) is 16.7 Å². The normalized spacial score (nSPS) is 16.7. The number of nitrogens with zero attached hydrogens (tertiary/aromatic N) is 4. The van der Waals surface area contributed by atoms with Crippen LogP contribution in [0.5, 0.6) is 0 Å². The number of aliphatic hydroxyl groups excluding tert-OH is 1. The molecule has 0 spiro atoms. The highest BCUT2D eigenvalue weighted by atomic mass is 35.5. The van der Waals surface area contributed by atoms with Gasteiger partial charge in [0.05, 0.1) is 4.92 Å². The number of nitro groups is 1. The summed E-state index contributed by atoms with van der Waals surface area (Å²) in [7, 11) is 0. The molecular weight excluding hydrogens is 272 g/mol. The van der Waals surface area contributed by atoms with Crippen LogP contribution < -0.4 is 4.90 Å². The number of hydrogen-bond acceptors (Lipinski definition) is 6. The van der Waals surface area contributed by atoms with Gasteiger partial charge in [-0.2, -0.15) is 4.98 Å². The molecule has 0 radical (unpaired) electrons. The summed E-state index contributed by atoms with van der Waals surface area (Å²) in [6.07, 6.45) is 1.57. The van der Waals surface area contributed by atoms with Gasteiger partial charge in [0.25, 0.3) is 0 Å². The number of aromatic nitrogens is 2. The Morgan fingerprint density at radius 3 is 2.63 bits per heavy atom. The second-order valence-electron chi connectivity index (χ2n) is 4.62. The van der Waals surface area contributed by atoms with Gasteiger partial charge in [-0.1, -0.05) is 0 Å². The smallest absolute Gasteiger partial charge is 0.332 e. The van der Waals surface area contributed by atoms with Gasteiger partial charge in [0.1, 0.15) is 5.69 Å². The molecule has 104 valence electrons. The average molecular weight is 287 g/mol. The van der Waals surface area contributed by atoms with Crippen molar-refractivity contribution in [3.05, 3.63) is 21.1 Å². The van der Waals surface area contributed by atoms with E-state index in [2.05, 4.69) is 9.97 Å². The van der Waals surface area contributed by atoms with Crippen LogP contribution in [-0.2, 0) is 0 Å².